The zero-order chi connectivity index (χ0) is 16.1. The van der Waals surface area contributed by atoms with Gasteiger partial charge in [-0.15, -0.1) is 0 Å². The molecule has 4 nitrogen and oxygen atoms in total. The summed E-state index contributed by atoms with van der Waals surface area (Å²) in [5.41, 5.74) is 5.77. The van der Waals surface area contributed by atoms with Crippen molar-refractivity contribution in [3.63, 3.8) is 0 Å². The number of carbonyl (C=O) groups excluding carboxylic acids is 1. The highest BCUT2D eigenvalue weighted by Gasteiger charge is 2.11. The normalized spacial score (nSPS) is 11.3. The summed E-state index contributed by atoms with van der Waals surface area (Å²) in [5.74, 6) is -0.232. The molecule has 0 saturated carbocycles. The molecule has 0 unspecified atom stereocenters. The van der Waals surface area contributed by atoms with E-state index in [2.05, 4.69) is 10.5 Å². The fourth-order valence-electron chi connectivity index (χ4n) is 2.32. The molecule has 0 aliphatic carbocycles. The van der Waals surface area contributed by atoms with Crippen LogP contribution in [-0.2, 0) is 0 Å². The van der Waals surface area contributed by atoms with Gasteiger partial charge >= 0.3 is 0 Å². The van der Waals surface area contributed by atoms with Gasteiger partial charge in [-0.05, 0) is 36.8 Å². The van der Waals surface area contributed by atoms with Crippen LogP contribution >= 0.6 is 0 Å². The molecule has 0 aliphatic heterocycles. The lowest BCUT2D eigenvalue weighted by Crippen LogP contribution is -2.21. The first kappa shape index (κ1) is 14.8. The molecule has 1 amide bonds. The fraction of sp³-hybridized carbons (Fsp3) is 0.0526. The SMILES string of the molecule is CC(=NNC(=O)c1ccccc1-n1cccc1)c1ccccc1. The van der Waals surface area contributed by atoms with Crippen molar-refractivity contribution in [1.82, 2.24) is 9.99 Å². The summed E-state index contributed by atoms with van der Waals surface area (Å²) in [7, 11) is 0. The van der Waals surface area contributed by atoms with Gasteiger partial charge in [0, 0.05) is 12.4 Å². The lowest BCUT2D eigenvalue weighted by molar-refractivity contribution is 0.0955. The number of hydrogen-bond donors (Lipinski definition) is 1. The molecule has 23 heavy (non-hydrogen) atoms. The standard InChI is InChI=1S/C19H17N3O/c1-15(16-9-3-2-4-10-16)20-21-19(23)17-11-5-6-12-18(17)22-13-7-8-14-22/h2-14H,1H3,(H,21,23). The average Bonchev–Trinajstić information content (AvgIpc) is 3.14. The van der Waals surface area contributed by atoms with E-state index in [-0.39, 0.29) is 5.91 Å². The van der Waals surface area contributed by atoms with Crippen LogP contribution in [0.15, 0.2) is 84.2 Å². The molecular formula is C19H17N3O. The van der Waals surface area contributed by atoms with Crippen molar-refractivity contribution >= 4 is 11.6 Å². The summed E-state index contributed by atoms with van der Waals surface area (Å²) >= 11 is 0. The molecular weight excluding hydrogens is 286 g/mol. The lowest BCUT2D eigenvalue weighted by atomic mass is 10.1. The minimum Gasteiger partial charge on any atom is -0.323 e. The zero-order valence-corrected chi connectivity index (χ0v) is 12.8. The third-order valence-corrected chi connectivity index (χ3v) is 3.55. The summed E-state index contributed by atoms with van der Waals surface area (Å²) in [5, 5.41) is 4.20. The number of hydrogen-bond acceptors (Lipinski definition) is 2. The van der Waals surface area contributed by atoms with Gasteiger partial charge in [0.15, 0.2) is 0 Å². The Labute approximate surface area is 135 Å². The molecule has 0 spiro atoms. The smallest absolute Gasteiger partial charge is 0.273 e. The third-order valence-electron chi connectivity index (χ3n) is 3.55. The van der Waals surface area contributed by atoms with Crippen LogP contribution in [-0.4, -0.2) is 16.2 Å². The molecule has 1 N–H and O–H groups in total. The predicted octanol–water partition coefficient (Wildman–Crippen LogP) is 3.63. The first-order valence-corrected chi connectivity index (χ1v) is 7.38. The number of nitrogens with one attached hydrogen (secondary N) is 1. The Morgan fingerprint density at radius 3 is 2.30 bits per heavy atom. The fourth-order valence-corrected chi connectivity index (χ4v) is 2.32. The molecule has 1 heterocycles. The van der Waals surface area contributed by atoms with Crippen LogP contribution in [0.2, 0.25) is 0 Å². The molecule has 3 aromatic rings. The van der Waals surface area contributed by atoms with Crippen molar-refractivity contribution in [3.05, 3.63) is 90.3 Å². The van der Waals surface area contributed by atoms with Gasteiger partial charge in [0.1, 0.15) is 0 Å². The number of para-hydroxylation sites is 1. The number of hydrazone groups is 1. The van der Waals surface area contributed by atoms with E-state index in [1.54, 1.807) is 6.07 Å². The zero-order valence-electron chi connectivity index (χ0n) is 12.8. The van der Waals surface area contributed by atoms with Crippen molar-refractivity contribution in [1.29, 1.82) is 0 Å². The maximum Gasteiger partial charge on any atom is 0.273 e. The van der Waals surface area contributed by atoms with Gasteiger partial charge in [0.05, 0.1) is 17.0 Å². The molecule has 0 fully saturated rings. The van der Waals surface area contributed by atoms with Crippen LogP contribution in [0.3, 0.4) is 0 Å². The molecule has 0 saturated heterocycles. The second kappa shape index (κ2) is 6.75. The van der Waals surface area contributed by atoms with E-state index in [1.807, 2.05) is 84.5 Å². The number of carbonyl (C=O) groups is 1. The van der Waals surface area contributed by atoms with Crippen LogP contribution in [0.4, 0.5) is 0 Å². The van der Waals surface area contributed by atoms with Gasteiger partial charge in [-0.2, -0.15) is 5.10 Å². The molecule has 3 rings (SSSR count). The van der Waals surface area contributed by atoms with Gasteiger partial charge < -0.3 is 4.57 Å². The highest BCUT2D eigenvalue weighted by molar-refractivity contribution is 6.01. The van der Waals surface area contributed by atoms with Crippen molar-refractivity contribution in [2.24, 2.45) is 5.10 Å². The van der Waals surface area contributed by atoms with Gasteiger partial charge in [-0.3, -0.25) is 4.79 Å². The van der Waals surface area contributed by atoms with Gasteiger partial charge in [-0.1, -0.05) is 42.5 Å². The van der Waals surface area contributed by atoms with Gasteiger partial charge in [0.2, 0.25) is 0 Å². The monoisotopic (exact) mass is 303 g/mol. The van der Waals surface area contributed by atoms with Crippen LogP contribution < -0.4 is 5.43 Å². The molecule has 0 atom stereocenters. The molecule has 1 aromatic heterocycles. The van der Waals surface area contributed by atoms with E-state index in [0.29, 0.717) is 5.56 Å². The van der Waals surface area contributed by atoms with Crippen LogP contribution in [0.5, 0.6) is 0 Å². The first-order valence-electron chi connectivity index (χ1n) is 7.38. The maximum atomic E-state index is 12.5. The molecule has 2 aromatic carbocycles. The highest BCUT2D eigenvalue weighted by atomic mass is 16.2. The number of rotatable bonds is 4. The molecule has 114 valence electrons. The number of benzene rings is 2. The minimum atomic E-state index is -0.232. The van der Waals surface area contributed by atoms with Crippen molar-refractivity contribution in [2.45, 2.75) is 6.92 Å². The molecule has 4 heteroatoms. The van der Waals surface area contributed by atoms with Crippen LogP contribution in [0.25, 0.3) is 5.69 Å². The minimum absolute atomic E-state index is 0.232. The Balaban J connectivity index is 1.82. The first-order chi connectivity index (χ1) is 11.3. The van der Waals surface area contributed by atoms with Gasteiger partial charge in [0.25, 0.3) is 5.91 Å². The molecule has 0 radical (unpaired) electrons. The number of aromatic nitrogens is 1. The van der Waals surface area contributed by atoms with E-state index in [4.69, 9.17) is 0 Å². The average molecular weight is 303 g/mol. The Morgan fingerprint density at radius 1 is 0.913 bits per heavy atom. The molecule has 0 bridgehead atoms. The van der Waals surface area contributed by atoms with E-state index < -0.39 is 0 Å². The maximum absolute atomic E-state index is 12.5. The quantitative estimate of drug-likeness (QED) is 0.580. The van der Waals surface area contributed by atoms with E-state index in [0.717, 1.165) is 17.0 Å². The third kappa shape index (κ3) is 3.37. The summed E-state index contributed by atoms with van der Waals surface area (Å²) < 4.78 is 1.91. The largest absolute Gasteiger partial charge is 0.323 e. The summed E-state index contributed by atoms with van der Waals surface area (Å²) in [6.45, 7) is 1.87. The van der Waals surface area contributed by atoms with Crippen molar-refractivity contribution in [3.8, 4) is 5.69 Å². The summed E-state index contributed by atoms with van der Waals surface area (Å²) in [4.78, 5) is 12.5. The highest BCUT2D eigenvalue weighted by Crippen LogP contribution is 2.14. The molecule has 0 aliphatic rings. The van der Waals surface area contributed by atoms with E-state index >= 15 is 0 Å². The number of amides is 1. The topological polar surface area (TPSA) is 46.4 Å². The van der Waals surface area contributed by atoms with Crippen molar-refractivity contribution < 1.29 is 4.79 Å². The number of nitrogens with zero attached hydrogens (tertiary/aromatic N) is 2. The van der Waals surface area contributed by atoms with E-state index in [9.17, 15) is 4.79 Å². The van der Waals surface area contributed by atoms with Crippen LogP contribution in [0, 0.1) is 0 Å². The Bertz CT molecular complexity index is 821. The Kier molecular flexibility index (Phi) is 4.34. The summed E-state index contributed by atoms with van der Waals surface area (Å²) in [6, 6.07) is 21.0. The second-order valence-electron chi connectivity index (χ2n) is 5.11. The van der Waals surface area contributed by atoms with Crippen molar-refractivity contribution in [2.75, 3.05) is 0 Å². The van der Waals surface area contributed by atoms with Crippen LogP contribution in [0.1, 0.15) is 22.8 Å². The predicted molar refractivity (Wildman–Crippen MR) is 91.9 cm³/mol. The Morgan fingerprint density at radius 2 is 1.57 bits per heavy atom. The lowest BCUT2D eigenvalue weighted by Gasteiger charge is -2.09. The van der Waals surface area contributed by atoms with E-state index in [1.165, 1.54) is 0 Å². The second-order valence-corrected chi connectivity index (χ2v) is 5.11. The van der Waals surface area contributed by atoms with Gasteiger partial charge in [-0.25, -0.2) is 5.43 Å². The Hall–Kier alpha value is -3.14. The summed E-state index contributed by atoms with van der Waals surface area (Å²) in [6.07, 6.45) is 3.81.